The highest BCUT2D eigenvalue weighted by Gasteiger charge is 2.11. The van der Waals surface area contributed by atoms with Crippen LogP contribution in [0.3, 0.4) is 0 Å². The van der Waals surface area contributed by atoms with Crippen LogP contribution in [0, 0.1) is 0 Å². The summed E-state index contributed by atoms with van der Waals surface area (Å²) in [5, 5.41) is 4.86. The maximum atomic E-state index is 3.86. The second-order valence-corrected chi connectivity index (χ2v) is 4.82. The Kier molecular flexibility index (Phi) is 12.4. The molecule has 0 aliphatic heterocycles. The normalized spacial score (nSPS) is 11.1. The predicted molar refractivity (Wildman–Crippen MR) is 82.6 cm³/mol. The van der Waals surface area contributed by atoms with Crippen molar-refractivity contribution in [3.63, 3.8) is 0 Å². The van der Waals surface area contributed by atoms with E-state index in [1.54, 1.807) is 0 Å². The Hall–Kier alpha value is -0.600. The van der Waals surface area contributed by atoms with Crippen LogP contribution in [-0.4, -0.2) is 36.2 Å². The fraction of sp³-hybridized carbons (Fsp3) is 0.750. The molecule has 2 heteroatoms. The van der Waals surface area contributed by atoms with E-state index in [1.165, 1.54) is 51.6 Å². The van der Waals surface area contributed by atoms with Crippen LogP contribution >= 0.6 is 0 Å². The van der Waals surface area contributed by atoms with E-state index in [4.69, 9.17) is 0 Å². The molecule has 0 saturated heterocycles. The SMILES string of the molecule is C=CCN(CC=C)N(CCCCC)CCCCC. The van der Waals surface area contributed by atoms with Crippen molar-refractivity contribution >= 4 is 0 Å². The van der Waals surface area contributed by atoms with E-state index in [1.807, 2.05) is 12.2 Å². The lowest BCUT2D eigenvalue weighted by molar-refractivity contribution is -0.00730. The van der Waals surface area contributed by atoms with E-state index >= 15 is 0 Å². The van der Waals surface area contributed by atoms with Gasteiger partial charge in [0.15, 0.2) is 0 Å². The molecule has 0 fully saturated rings. The fourth-order valence-electron chi connectivity index (χ4n) is 2.09. The molecular formula is C16H32N2. The highest BCUT2D eigenvalue weighted by Crippen LogP contribution is 2.07. The van der Waals surface area contributed by atoms with Gasteiger partial charge >= 0.3 is 0 Å². The van der Waals surface area contributed by atoms with Crippen molar-refractivity contribution in [1.29, 1.82) is 0 Å². The van der Waals surface area contributed by atoms with Crippen molar-refractivity contribution in [1.82, 2.24) is 10.0 Å². The molecule has 0 atom stereocenters. The quantitative estimate of drug-likeness (QED) is 0.274. The van der Waals surface area contributed by atoms with Gasteiger partial charge in [0, 0.05) is 26.2 Å². The van der Waals surface area contributed by atoms with Crippen molar-refractivity contribution in [2.45, 2.75) is 52.4 Å². The molecule has 18 heavy (non-hydrogen) atoms. The fourth-order valence-corrected chi connectivity index (χ4v) is 2.09. The van der Waals surface area contributed by atoms with E-state index in [2.05, 4.69) is 37.0 Å². The molecule has 106 valence electrons. The van der Waals surface area contributed by atoms with Crippen LogP contribution in [-0.2, 0) is 0 Å². The summed E-state index contributed by atoms with van der Waals surface area (Å²) in [5.74, 6) is 0. The lowest BCUT2D eigenvalue weighted by Crippen LogP contribution is -2.44. The zero-order valence-corrected chi connectivity index (χ0v) is 12.5. The summed E-state index contributed by atoms with van der Waals surface area (Å²) in [6.07, 6.45) is 11.7. The second-order valence-electron chi connectivity index (χ2n) is 4.82. The standard InChI is InChI=1S/C16H32N2/c1-5-9-11-15-18(16-12-10-6-2)17(13-7-3)14-8-4/h7-8H,3-6,9-16H2,1-2H3. The van der Waals surface area contributed by atoms with Gasteiger partial charge < -0.3 is 0 Å². The third-order valence-electron chi connectivity index (χ3n) is 3.12. The van der Waals surface area contributed by atoms with Crippen molar-refractivity contribution in [3.05, 3.63) is 25.3 Å². The molecule has 0 bridgehead atoms. The Labute approximate surface area is 114 Å². The van der Waals surface area contributed by atoms with Crippen molar-refractivity contribution < 1.29 is 0 Å². The molecular weight excluding hydrogens is 220 g/mol. The van der Waals surface area contributed by atoms with Crippen LogP contribution in [0.5, 0.6) is 0 Å². The average Bonchev–Trinajstić information content (AvgIpc) is 2.37. The lowest BCUT2D eigenvalue weighted by atomic mass is 10.2. The van der Waals surface area contributed by atoms with Gasteiger partial charge in [-0.2, -0.15) is 0 Å². The zero-order chi connectivity index (χ0) is 13.6. The summed E-state index contributed by atoms with van der Waals surface area (Å²) in [6.45, 7) is 16.4. The average molecular weight is 252 g/mol. The second kappa shape index (κ2) is 12.8. The summed E-state index contributed by atoms with van der Waals surface area (Å²) in [5.41, 5.74) is 0. The van der Waals surface area contributed by atoms with Crippen LogP contribution in [0.2, 0.25) is 0 Å². The smallest absolute Gasteiger partial charge is 0.0315 e. The molecule has 0 aromatic carbocycles. The number of hydrogen-bond donors (Lipinski definition) is 0. The van der Waals surface area contributed by atoms with Crippen LogP contribution in [0.25, 0.3) is 0 Å². The Morgan fingerprint density at radius 3 is 1.50 bits per heavy atom. The molecule has 0 amide bonds. The van der Waals surface area contributed by atoms with E-state index in [9.17, 15) is 0 Å². The summed E-state index contributed by atoms with van der Waals surface area (Å²) < 4.78 is 0. The monoisotopic (exact) mass is 252 g/mol. The number of hydrazine groups is 1. The van der Waals surface area contributed by atoms with Gasteiger partial charge in [-0.1, -0.05) is 51.7 Å². The number of rotatable bonds is 13. The molecule has 0 N–H and O–H groups in total. The van der Waals surface area contributed by atoms with E-state index in [0.717, 1.165) is 13.1 Å². The third-order valence-corrected chi connectivity index (χ3v) is 3.12. The Bertz CT molecular complexity index is 181. The number of nitrogens with zero attached hydrogens (tertiary/aromatic N) is 2. The molecule has 0 aromatic heterocycles. The van der Waals surface area contributed by atoms with Crippen molar-refractivity contribution in [2.24, 2.45) is 0 Å². The van der Waals surface area contributed by atoms with Crippen LogP contribution < -0.4 is 0 Å². The minimum Gasteiger partial charge on any atom is -0.241 e. The summed E-state index contributed by atoms with van der Waals surface area (Å²) in [6, 6.07) is 0. The summed E-state index contributed by atoms with van der Waals surface area (Å²) >= 11 is 0. The first-order valence-electron chi connectivity index (χ1n) is 7.51. The van der Waals surface area contributed by atoms with Crippen LogP contribution in [0.4, 0.5) is 0 Å². The van der Waals surface area contributed by atoms with E-state index in [-0.39, 0.29) is 0 Å². The molecule has 0 aliphatic rings. The van der Waals surface area contributed by atoms with Gasteiger partial charge in [-0.05, 0) is 12.8 Å². The van der Waals surface area contributed by atoms with Gasteiger partial charge in [-0.3, -0.25) is 0 Å². The molecule has 0 saturated carbocycles. The first kappa shape index (κ1) is 17.4. The van der Waals surface area contributed by atoms with Gasteiger partial charge in [0.25, 0.3) is 0 Å². The molecule has 0 radical (unpaired) electrons. The van der Waals surface area contributed by atoms with Gasteiger partial charge in [-0.15, -0.1) is 13.2 Å². The predicted octanol–water partition coefficient (Wildman–Crippen LogP) is 4.26. The minimum atomic E-state index is 0.921. The Morgan fingerprint density at radius 1 is 0.722 bits per heavy atom. The molecule has 0 rings (SSSR count). The molecule has 0 heterocycles. The third kappa shape index (κ3) is 8.48. The number of hydrogen-bond acceptors (Lipinski definition) is 2. The Balaban J connectivity index is 4.26. The summed E-state index contributed by atoms with van der Waals surface area (Å²) in [7, 11) is 0. The topological polar surface area (TPSA) is 6.48 Å². The zero-order valence-electron chi connectivity index (χ0n) is 12.5. The number of unbranched alkanes of at least 4 members (excludes halogenated alkanes) is 4. The van der Waals surface area contributed by atoms with Gasteiger partial charge in [0.1, 0.15) is 0 Å². The molecule has 0 unspecified atom stereocenters. The van der Waals surface area contributed by atoms with Gasteiger partial charge in [0.2, 0.25) is 0 Å². The Morgan fingerprint density at radius 2 is 1.17 bits per heavy atom. The highest BCUT2D eigenvalue weighted by molar-refractivity contribution is 4.79. The van der Waals surface area contributed by atoms with Crippen molar-refractivity contribution in [3.8, 4) is 0 Å². The van der Waals surface area contributed by atoms with Crippen LogP contribution in [0.1, 0.15) is 52.4 Å². The highest BCUT2D eigenvalue weighted by atomic mass is 15.6. The first-order valence-corrected chi connectivity index (χ1v) is 7.51. The molecule has 0 aromatic rings. The molecule has 0 spiro atoms. The van der Waals surface area contributed by atoms with Gasteiger partial charge in [-0.25, -0.2) is 10.0 Å². The first-order chi connectivity index (χ1) is 8.79. The van der Waals surface area contributed by atoms with E-state index < -0.39 is 0 Å². The van der Waals surface area contributed by atoms with E-state index in [0.29, 0.717) is 0 Å². The van der Waals surface area contributed by atoms with Crippen LogP contribution in [0.15, 0.2) is 25.3 Å². The van der Waals surface area contributed by atoms with Crippen molar-refractivity contribution in [2.75, 3.05) is 26.2 Å². The summed E-state index contributed by atoms with van der Waals surface area (Å²) in [4.78, 5) is 0. The lowest BCUT2D eigenvalue weighted by Gasteiger charge is -2.34. The molecule has 2 nitrogen and oxygen atoms in total. The maximum Gasteiger partial charge on any atom is 0.0315 e. The maximum absolute atomic E-state index is 3.86. The van der Waals surface area contributed by atoms with Gasteiger partial charge in [0.05, 0.1) is 0 Å². The largest absolute Gasteiger partial charge is 0.241 e. The minimum absolute atomic E-state index is 0.921. The molecule has 0 aliphatic carbocycles.